The Hall–Kier alpha value is -1.67. The Kier molecular flexibility index (Phi) is 4.62. The van der Waals surface area contributed by atoms with E-state index < -0.39 is 23.8 Å². The van der Waals surface area contributed by atoms with Gasteiger partial charge < -0.3 is 15.8 Å². The Labute approximate surface area is 101 Å². The maximum absolute atomic E-state index is 12.2. The van der Waals surface area contributed by atoms with Crippen LogP contribution in [-0.2, 0) is 15.7 Å². The zero-order chi connectivity index (χ0) is 13.8. The van der Waals surface area contributed by atoms with E-state index in [4.69, 9.17) is 5.73 Å². The van der Waals surface area contributed by atoms with Gasteiger partial charge in [-0.05, 0) is 12.1 Å². The number of nitrogens with zero attached hydrogens (tertiary/aromatic N) is 1. The molecule has 0 aliphatic heterocycles. The lowest BCUT2D eigenvalue weighted by Gasteiger charge is -2.11. The molecule has 0 fully saturated rings. The van der Waals surface area contributed by atoms with E-state index >= 15 is 0 Å². The molecule has 0 saturated carbocycles. The standard InChI is InChI=1S/C10H12F3N3O2/c1-18-5-7(14)9(17)16-6-2-3-8(15-4-6)10(11,12)13/h2-4,7H,5,14H2,1H3,(H,16,17). The third-order valence-corrected chi connectivity index (χ3v) is 2.00. The number of aromatic nitrogens is 1. The monoisotopic (exact) mass is 263 g/mol. The molecule has 3 N–H and O–H groups in total. The van der Waals surface area contributed by atoms with Crippen molar-refractivity contribution in [1.29, 1.82) is 0 Å². The Morgan fingerprint density at radius 1 is 1.56 bits per heavy atom. The summed E-state index contributed by atoms with van der Waals surface area (Å²) in [4.78, 5) is 14.6. The number of methoxy groups -OCH3 is 1. The van der Waals surface area contributed by atoms with Gasteiger partial charge >= 0.3 is 6.18 Å². The van der Waals surface area contributed by atoms with Crippen molar-refractivity contribution in [2.45, 2.75) is 12.2 Å². The Balaban J connectivity index is 2.67. The first kappa shape index (κ1) is 14.4. The van der Waals surface area contributed by atoms with Crippen LogP contribution in [0.3, 0.4) is 0 Å². The smallest absolute Gasteiger partial charge is 0.383 e. The van der Waals surface area contributed by atoms with E-state index in [0.29, 0.717) is 0 Å². The van der Waals surface area contributed by atoms with Crippen LogP contribution >= 0.6 is 0 Å². The van der Waals surface area contributed by atoms with Crippen LogP contribution in [0.2, 0.25) is 0 Å². The molecule has 1 heterocycles. The summed E-state index contributed by atoms with van der Waals surface area (Å²) in [5.41, 5.74) is 4.55. The summed E-state index contributed by atoms with van der Waals surface area (Å²) in [6.07, 6.45) is -3.59. The summed E-state index contributed by atoms with van der Waals surface area (Å²) in [5.74, 6) is -0.557. The summed E-state index contributed by atoms with van der Waals surface area (Å²) in [5, 5.41) is 2.33. The van der Waals surface area contributed by atoms with Gasteiger partial charge in [-0.25, -0.2) is 4.98 Å². The number of carbonyl (C=O) groups excluding carboxylic acids is 1. The minimum absolute atomic E-state index is 0.0138. The number of pyridine rings is 1. The first-order valence-corrected chi connectivity index (χ1v) is 4.93. The van der Waals surface area contributed by atoms with Gasteiger partial charge in [-0.3, -0.25) is 4.79 Å². The quantitative estimate of drug-likeness (QED) is 0.850. The predicted molar refractivity (Wildman–Crippen MR) is 57.7 cm³/mol. The fourth-order valence-electron chi connectivity index (χ4n) is 1.13. The van der Waals surface area contributed by atoms with E-state index in [1.165, 1.54) is 7.11 Å². The van der Waals surface area contributed by atoms with Gasteiger partial charge in [-0.2, -0.15) is 13.2 Å². The van der Waals surface area contributed by atoms with Crippen LogP contribution in [0.1, 0.15) is 5.69 Å². The van der Waals surface area contributed by atoms with Crippen molar-refractivity contribution in [2.24, 2.45) is 5.73 Å². The SMILES string of the molecule is COCC(N)C(=O)Nc1ccc(C(F)(F)F)nc1. The maximum atomic E-state index is 12.2. The van der Waals surface area contributed by atoms with Crippen molar-refractivity contribution >= 4 is 11.6 Å². The Bertz CT molecular complexity index is 406. The molecule has 0 radical (unpaired) electrons. The Morgan fingerprint density at radius 2 is 2.22 bits per heavy atom. The van der Waals surface area contributed by atoms with Crippen molar-refractivity contribution in [1.82, 2.24) is 4.98 Å². The summed E-state index contributed by atoms with van der Waals surface area (Å²) in [6.45, 7) is 0.0138. The minimum Gasteiger partial charge on any atom is -0.383 e. The number of carbonyl (C=O) groups is 1. The van der Waals surface area contributed by atoms with E-state index in [2.05, 4.69) is 15.0 Å². The molecule has 18 heavy (non-hydrogen) atoms. The minimum atomic E-state index is -4.50. The largest absolute Gasteiger partial charge is 0.433 e. The molecule has 1 rings (SSSR count). The molecule has 0 aromatic carbocycles. The number of ether oxygens (including phenoxy) is 1. The van der Waals surface area contributed by atoms with Gasteiger partial charge in [-0.1, -0.05) is 0 Å². The lowest BCUT2D eigenvalue weighted by molar-refractivity contribution is -0.141. The van der Waals surface area contributed by atoms with E-state index in [-0.39, 0.29) is 12.3 Å². The van der Waals surface area contributed by atoms with E-state index in [0.717, 1.165) is 18.3 Å². The average Bonchev–Trinajstić information content (AvgIpc) is 2.28. The lowest BCUT2D eigenvalue weighted by atomic mass is 10.3. The van der Waals surface area contributed by atoms with Crippen LogP contribution in [0.15, 0.2) is 18.3 Å². The van der Waals surface area contributed by atoms with Crippen LogP contribution in [0.4, 0.5) is 18.9 Å². The number of alkyl halides is 3. The van der Waals surface area contributed by atoms with Gasteiger partial charge in [0.25, 0.3) is 0 Å². The third-order valence-electron chi connectivity index (χ3n) is 2.00. The summed E-state index contributed by atoms with van der Waals surface area (Å²) < 4.78 is 41.3. The van der Waals surface area contributed by atoms with Gasteiger partial charge in [-0.15, -0.1) is 0 Å². The van der Waals surface area contributed by atoms with Crippen LogP contribution < -0.4 is 11.1 Å². The second kappa shape index (κ2) is 5.78. The molecule has 1 unspecified atom stereocenters. The molecule has 0 bridgehead atoms. The van der Waals surface area contributed by atoms with Crippen molar-refractivity contribution in [3.8, 4) is 0 Å². The first-order chi connectivity index (χ1) is 8.34. The van der Waals surface area contributed by atoms with Gasteiger partial charge in [0.05, 0.1) is 18.5 Å². The maximum Gasteiger partial charge on any atom is 0.433 e. The normalized spacial score (nSPS) is 13.2. The molecular weight excluding hydrogens is 251 g/mol. The second-order valence-electron chi connectivity index (χ2n) is 3.48. The molecule has 1 amide bonds. The van der Waals surface area contributed by atoms with Crippen LogP contribution in [0.5, 0.6) is 0 Å². The molecule has 8 heteroatoms. The number of hydrogen-bond donors (Lipinski definition) is 2. The molecular formula is C10H12F3N3O2. The highest BCUT2D eigenvalue weighted by Crippen LogP contribution is 2.27. The predicted octanol–water partition coefficient (Wildman–Crippen LogP) is 1.01. The number of halogens is 3. The van der Waals surface area contributed by atoms with E-state index in [1.807, 2.05) is 0 Å². The fraction of sp³-hybridized carbons (Fsp3) is 0.400. The molecule has 1 aromatic rings. The van der Waals surface area contributed by atoms with Gasteiger partial charge in [0, 0.05) is 7.11 Å². The zero-order valence-electron chi connectivity index (χ0n) is 9.49. The molecule has 1 aromatic heterocycles. The number of anilines is 1. The molecule has 100 valence electrons. The van der Waals surface area contributed by atoms with Gasteiger partial charge in [0.2, 0.25) is 5.91 Å². The molecule has 0 aliphatic rings. The highest BCUT2D eigenvalue weighted by atomic mass is 19.4. The number of hydrogen-bond acceptors (Lipinski definition) is 4. The van der Waals surface area contributed by atoms with Crippen molar-refractivity contribution in [3.05, 3.63) is 24.0 Å². The number of nitrogens with two attached hydrogens (primary N) is 1. The molecule has 5 nitrogen and oxygen atoms in total. The van der Waals surface area contributed by atoms with E-state index in [1.54, 1.807) is 0 Å². The van der Waals surface area contributed by atoms with E-state index in [9.17, 15) is 18.0 Å². The number of amides is 1. The molecule has 0 spiro atoms. The summed E-state index contributed by atoms with van der Waals surface area (Å²) in [7, 11) is 1.38. The molecule has 0 aliphatic carbocycles. The lowest BCUT2D eigenvalue weighted by Crippen LogP contribution is -2.39. The first-order valence-electron chi connectivity index (χ1n) is 4.93. The number of nitrogens with one attached hydrogen (secondary N) is 1. The number of rotatable bonds is 4. The topological polar surface area (TPSA) is 77.2 Å². The van der Waals surface area contributed by atoms with Crippen LogP contribution in [0.25, 0.3) is 0 Å². The highest BCUT2D eigenvalue weighted by Gasteiger charge is 2.32. The van der Waals surface area contributed by atoms with Gasteiger partial charge in [0.15, 0.2) is 0 Å². The zero-order valence-corrected chi connectivity index (χ0v) is 9.49. The van der Waals surface area contributed by atoms with Crippen molar-refractivity contribution in [2.75, 3.05) is 19.0 Å². The summed E-state index contributed by atoms with van der Waals surface area (Å²) >= 11 is 0. The highest BCUT2D eigenvalue weighted by molar-refractivity contribution is 5.94. The van der Waals surface area contributed by atoms with Crippen molar-refractivity contribution < 1.29 is 22.7 Å². The fourth-order valence-corrected chi connectivity index (χ4v) is 1.13. The van der Waals surface area contributed by atoms with Crippen molar-refractivity contribution in [3.63, 3.8) is 0 Å². The van der Waals surface area contributed by atoms with Crippen LogP contribution in [0, 0.1) is 0 Å². The molecule has 1 atom stereocenters. The third kappa shape index (κ3) is 3.97. The van der Waals surface area contributed by atoms with Crippen LogP contribution in [-0.4, -0.2) is 30.6 Å². The molecule has 0 saturated heterocycles. The second-order valence-corrected chi connectivity index (χ2v) is 3.48. The summed E-state index contributed by atoms with van der Waals surface area (Å²) in [6, 6.07) is 0.988. The van der Waals surface area contributed by atoms with Gasteiger partial charge in [0.1, 0.15) is 11.7 Å². The average molecular weight is 263 g/mol. The Morgan fingerprint density at radius 3 is 2.67 bits per heavy atom.